The Morgan fingerprint density at radius 3 is 2.24 bits per heavy atom. The molecule has 5 heteroatoms. The first-order chi connectivity index (χ1) is 7.75. The van der Waals surface area contributed by atoms with E-state index in [0.717, 1.165) is 6.07 Å². The van der Waals surface area contributed by atoms with E-state index < -0.39 is 11.7 Å². The number of hydrogen-bond donors (Lipinski definition) is 0. The highest BCUT2D eigenvalue weighted by Crippen LogP contribution is 2.39. The summed E-state index contributed by atoms with van der Waals surface area (Å²) in [5.41, 5.74) is 0.414. The SMILES string of the molecule is COc1c(CN(C)C)cc(C)cc1C(F)(F)F. The number of methoxy groups -OCH3 is 1. The Hall–Kier alpha value is -1.23. The maximum absolute atomic E-state index is 12.8. The van der Waals surface area contributed by atoms with Crippen molar-refractivity contribution in [1.29, 1.82) is 0 Å². The third-order valence-electron chi connectivity index (χ3n) is 2.31. The number of alkyl halides is 3. The standard InChI is InChI=1S/C12H16F3NO/c1-8-5-9(7-16(2)3)11(17-4)10(6-8)12(13,14)15/h5-6H,7H2,1-4H3. The quantitative estimate of drug-likeness (QED) is 0.813. The van der Waals surface area contributed by atoms with Crippen molar-refractivity contribution in [1.82, 2.24) is 4.90 Å². The second-order valence-electron chi connectivity index (χ2n) is 4.24. The van der Waals surface area contributed by atoms with Crippen LogP contribution in [-0.2, 0) is 12.7 Å². The number of halogens is 3. The van der Waals surface area contributed by atoms with Gasteiger partial charge in [-0.15, -0.1) is 0 Å². The van der Waals surface area contributed by atoms with Crippen LogP contribution in [0.2, 0.25) is 0 Å². The van der Waals surface area contributed by atoms with E-state index in [2.05, 4.69) is 0 Å². The number of nitrogens with zero attached hydrogens (tertiary/aromatic N) is 1. The Kier molecular flexibility index (Phi) is 4.03. The second kappa shape index (κ2) is 4.96. The molecule has 1 aromatic rings. The van der Waals surface area contributed by atoms with Crippen LogP contribution in [0.3, 0.4) is 0 Å². The number of hydrogen-bond acceptors (Lipinski definition) is 2. The third kappa shape index (κ3) is 3.36. The molecule has 17 heavy (non-hydrogen) atoms. The minimum atomic E-state index is -4.39. The van der Waals surface area contributed by atoms with Gasteiger partial charge in [-0.05, 0) is 32.6 Å². The zero-order valence-electron chi connectivity index (χ0n) is 10.4. The summed E-state index contributed by atoms with van der Waals surface area (Å²) >= 11 is 0. The number of ether oxygens (including phenoxy) is 1. The first kappa shape index (κ1) is 13.8. The van der Waals surface area contributed by atoms with Gasteiger partial charge in [0.15, 0.2) is 0 Å². The van der Waals surface area contributed by atoms with Gasteiger partial charge in [0.05, 0.1) is 12.7 Å². The first-order valence-electron chi connectivity index (χ1n) is 5.15. The van der Waals surface area contributed by atoms with Crippen LogP contribution in [0.1, 0.15) is 16.7 Å². The van der Waals surface area contributed by atoms with Gasteiger partial charge in [-0.1, -0.05) is 6.07 Å². The fraction of sp³-hybridized carbons (Fsp3) is 0.500. The lowest BCUT2D eigenvalue weighted by atomic mass is 10.0. The molecule has 0 aromatic heterocycles. The topological polar surface area (TPSA) is 12.5 Å². The maximum atomic E-state index is 12.8. The van der Waals surface area contributed by atoms with Crippen LogP contribution in [-0.4, -0.2) is 26.1 Å². The molecule has 0 bridgehead atoms. The Labute approximate surface area is 99.0 Å². The summed E-state index contributed by atoms with van der Waals surface area (Å²) in [6.07, 6.45) is -4.39. The highest BCUT2D eigenvalue weighted by molar-refractivity contribution is 5.46. The van der Waals surface area contributed by atoms with Gasteiger partial charge in [-0.2, -0.15) is 13.2 Å². The average molecular weight is 247 g/mol. The molecule has 0 aliphatic heterocycles. The Bertz CT molecular complexity index is 399. The normalized spacial score (nSPS) is 12.0. The zero-order chi connectivity index (χ0) is 13.2. The molecular weight excluding hydrogens is 231 g/mol. The molecule has 0 radical (unpaired) electrons. The van der Waals surface area contributed by atoms with E-state index in [4.69, 9.17) is 4.74 Å². The minimum absolute atomic E-state index is 0.0863. The van der Waals surface area contributed by atoms with Gasteiger partial charge in [-0.3, -0.25) is 0 Å². The Balaban J connectivity index is 3.35. The van der Waals surface area contributed by atoms with Crippen molar-refractivity contribution in [3.8, 4) is 5.75 Å². The maximum Gasteiger partial charge on any atom is 0.419 e. The first-order valence-corrected chi connectivity index (χ1v) is 5.15. The van der Waals surface area contributed by atoms with E-state index in [0.29, 0.717) is 17.7 Å². The number of aryl methyl sites for hydroxylation is 1. The number of benzene rings is 1. The highest BCUT2D eigenvalue weighted by atomic mass is 19.4. The molecule has 0 unspecified atom stereocenters. The van der Waals surface area contributed by atoms with Crippen molar-refractivity contribution in [2.24, 2.45) is 0 Å². The Morgan fingerprint density at radius 1 is 1.24 bits per heavy atom. The molecule has 0 atom stereocenters. The fourth-order valence-corrected chi connectivity index (χ4v) is 1.76. The zero-order valence-corrected chi connectivity index (χ0v) is 10.4. The van der Waals surface area contributed by atoms with E-state index in [1.54, 1.807) is 32.0 Å². The van der Waals surface area contributed by atoms with E-state index in [9.17, 15) is 13.2 Å². The van der Waals surface area contributed by atoms with Crippen LogP contribution in [0.4, 0.5) is 13.2 Å². The molecule has 0 aliphatic rings. The molecule has 1 aromatic carbocycles. The molecule has 96 valence electrons. The van der Waals surface area contributed by atoms with Crippen molar-refractivity contribution < 1.29 is 17.9 Å². The van der Waals surface area contributed by atoms with E-state index in [1.165, 1.54) is 7.11 Å². The Morgan fingerprint density at radius 2 is 1.82 bits per heavy atom. The van der Waals surface area contributed by atoms with Crippen molar-refractivity contribution in [3.63, 3.8) is 0 Å². The summed E-state index contributed by atoms with van der Waals surface area (Å²) in [7, 11) is 4.86. The van der Waals surface area contributed by atoms with Gasteiger partial charge < -0.3 is 9.64 Å². The molecular formula is C12H16F3NO. The fourth-order valence-electron chi connectivity index (χ4n) is 1.76. The van der Waals surface area contributed by atoms with Crippen molar-refractivity contribution in [2.45, 2.75) is 19.6 Å². The van der Waals surface area contributed by atoms with E-state index in [-0.39, 0.29) is 5.75 Å². The van der Waals surface area contributed by atoms with Crippen LogP contribution in [0, 0.1) is 6.92 Å². The van der Waals surface area contributed by atoms with Crippen molar-refractivity contribution in [2.75, 3.05) is 21.2 Å². The lowest BCUT2D eigenvalue weighted by molar-refractivity contribution is -0.138. The van der Waals surface area contributed by atoms with Gasteiger partial charge in [0.2, 0.25) is 0 Å². The summed E-state index contributed by atoms with van der Waals surface area (Å²) in [5, 5.41) is 0. The molecule has 0 amide bonds. The summed E-state index contributed by atoms with van der Waals surface area (Å²) in [5.74, 6) is -0.0863. The predicted molar refractivity (Wildman–Crippen MR) is 60.1 cm³/mol. The molecule has 0 spiro atoms. The monoisotopic (exact) mass is 247 g/mol. The van der Waals surface area contributed by atoms with E-state index in [1.807, 2.05) is 0 Å². The molecule has 0 N–H and O–H groups in total. The van der Waals surface area contributed by atoms with Crippen LogP contribution >= 0.6 is 0 Å². The summed E-state index contributed by atoms with van der Waals surface area (Å²) in [6, 6.07) is 2.83. The molecule has 0 saturated heterocycles. The molecule has 0 aliphatic carbocycles. The van der Waals surface area contributed by atoms with Gasteiger partial charge >= 0.3 is 6.18 Å². The van der Waals surface area contributed by atoms with Crippen molar-refractivity contribution >= 4 is 0 Å². The molecule has 0 heterocycles. The largest absolute Gasteiger partial charge is 0.496 e. The average Bonchev–Trinajstić information content (AvgIpc) is 2.14. The summed E-state index contributed by atoms with van der Waals surface area (Å²) in [4.78, 5) is 1.80. The van der Waals surface area contributed by atoms with Gasteiger partial charge in [0, 0.05) is 12.1 Å². The van der Waals surface area contributed by atoms with Crippen LogP contribution in [0.25, 0.3) is 0 Å². The second-order valence-corrected chi connectivity index (χ2v) is 4.24. The van der Waals surface area contributed by atoms with Crippen LogP contribution in [0.15, 0.2) is 12.1 Å². The van der Waals surface area contributed by atoms with Crippen LogP contribution < -0.4 is 4.74 Å². The lowest BCUT2D eigenvalue weighted by Crippen LogP contribution is -2.15. The van der Waals surface area contributed by atoms with Gasteiger partial charge in [0.1, 0.15) is 5.75 Å². The van der Waals surface area contributed by atoms with Crippen LogP contribution in [0.5, 0.6) is 5.75 Å². The predicted octanol–water partition coefficient (Wildman–Crippen LogP) is 3.08. The summed E-state index contributed by atoms with van der Waals surface area (Å²) < 4.78 is 43.4. The minimum Gasteiger partial charge on any atom is -0.496 e. The molecule has 0 saturated carbocycles. The smallest absolute Gasteiger partial charge is 0.419 e. The van der Waals surface area contributed by atoms with Gasteiger partial charge in [-0.25, -0.2) is 0 Å². The number of rotatable bonds is 3. The highest BCUT2D eigenvalue weighted by Gasteiger charge is 2.35. The molecule has 1 rings (SSSR count). The van der Waals surface area contributed by atoms with Gasteiger partial charge in [0.25, 0.3) is 0 Å². The lowest BCUT2D eigenvalue weighted by Gasteiger charge is -2.19. The van der Waals surface area contributed by atoms with E-state index >= 15 is 0 Å². The summed E-state index contributed by atoms with van der Waals surface area (Å²) in [6.45, 7) is 2.06. The van der Waals surface area contributed by atoms with Crippen molar-refractivity contribution in [3.05, 3.63) is 28.8 Å². The molecule has 2 nitrogen and oxygen atoms in total. The third-order valence-corrected chi connectivity index (χ3v) is 2.31. The molecule has 0 fully saturated rings.